The molecular formula is C20H23N7O2. The highest BCUT2D eigenvalue weighted by atomic mass is 16.5. The third-order valence-corrected chi connectivity index (χ3v) is 3.94. The lowest BCUT2D eigenvalue weighted by Crippen LogP contribution is -2.29. The Hall–Kier alpha value is -3.75. The number of rotatable bonds is 8. The molecule has 3 N–H and O–H groups in total. The van der Waals surface area contributed by atoms with Gasteiger partial charge in [-0.2, -0.15) is 0 Å². The van der Waals surface area contributed by atoms with Gasteiger partial charge in [0.2, 0.25) is 5.88 Å². The van der Waals surface area contributed by atoms with Crippen LogP contribution in [0.5, 0.6) is 5.88 Å². The van der Waals surface area contributed by atoms with E-state index >= 15 is 0 Å². The standard InChI is InChI=1S/C20H23N7O2/c1-13-6-8-21-16(11-13)27-18-12-17(25-14(2)26-18)22-9-10-23-19(28)15-5-4-7-24-20(15)29-3/h4-8,11-12H,9-10H2,1-3H3,(H,23,28)(H2,21,22,25,26,27). The molecule has 3 aromatic rings. The van der Waals surface area contributed by atoms with Crippen molar-refractivity contribution in [3.63, 3.8) is 0 Å². The van der Waals surface area contributed by atoms with E-state index in [-0.39, 0.29) is 5.91 Å². The highest BCUT2D eigenvalue weighted by molar-refractivity contribution is 5.96. The van der Waals surface area contributed by atoms with Gasteiger partial charge in [-0.1, -0.05) is 0 Å². The van der Waals surface area contributed by atoms with Crippen LogP contribution in [0.2, 0.25) is 0 Å². The first-order valence-corrected chi connectivity index (χ1v) is 9.11. The van der Waals surface area contributed by atoms with Crippen LogP contribution in [0.3, 0.4) is 0 Å². The van der Waals surface area contributed by atoms with Crippen molar-refractivity contribution < 1.29 is 9.53 Å². The summed E-state index contributed by atoms with van der Waals surface area (Å²) in [4.78, 5) is 29.3. The fourth-order valence-electron chi connectivity index (χ4n) is 2.65. The van der Waals surface area contributed by atoms with E-state index in [1.165, 1.54) is 7.11 Å². The molecule has 0 spiro atoms. The van der Waals surface area contributed by atoms with E-state index in [2.05, 4.69) is 35.9 Å². The van der Waals surface area contributed by atoms with Crippen LogP contribution < -0.4 is 20.7 Å². The van der Waals surface area contributed by atoms with Gasteiger partial charge in [0.25, 0.3) is 5.91 Å². The van der Waals surface area contributed by atoms with Crippen molar-refractivity contribution in [2.45, 2.75) is 13.8 Å². The van der Waals surface area contributed by atoms with Gasteiger partial charge in [-0.25, -0.2) is 19.9 Å². The van der Waals surface area contributed by atoms with Crippen molar-refractivity contribution in [3.05, 3.63) is 59.7 Å². The Morgan fingerprint density at radius 1 is 1.00 bits per heavy atom. The summed E-state index contributed by atoms with van der Waals surface area (Å²) in [6.45, 7) is 4.71. The quantitative estimate of drug-likeness (QED) is 0.500. The molecule has 3 aromatic heterocycles. The fourth-order valence-corrected chi connectivity index (χ4v) is 2.65. The Morgan fingerprint density at radius 2 is 1.83 bits per heavy atom. The molecule has 0 atom stereocenters. The maximum Gasteiger partial charge on any atom is 0.256 e. The highest BCUT2D eigenvalue weighted by Crippen LogP contribution is 2.16. The van der Waals surface area contributed by atoms with Gasteiger partial charge in [-0.05, 0) is 43.7 Å². The lowest BCUT2D eigenvalue weighted by atomic mass is 10.2. The zero-order valence-electron chi connectivity index (χ0n) is 16.6. The largest absolute Gasteiger partial charge is 0.480 e. The number of hydrogen-bond donors (Lipinski definition) is 3. The lowest BCUT2D eigenvalue weighted by molar-refractivity contribution is 0.0951. The van der Waals surface area contributed by atoms with Crippen molar-refractivity contribution in [1.29, 1.82) is 0 Å². The molecule has 0 unspecified atom stereocenters. The molecule has 9 nitrogen and oxygen atoms in total. The van der Waals surface area contributed by atoms with Crippen LogP contribution in [-0.4, -0.2) is 46.0 Å². The second kappa shape index (κ2) is 9.45. The fraction of sp³-hybridized carbons (Fsp3) is 0.250. The molecule has 1 amide bonds. The molecule has 0 aliphatic heterocycles. The number of carbonyl (C=O) groups is 1. The molecule has 3 rings (SSSR count). The Balaban J connectivity index is 1.55. The van der Waals surface area contributed by atoms with Gasteiger partial charge in [-0.3, -0.25) is 4.79 Å². The number of aryl methyl sites for hydroxylation is 2. The molecular weight excluding hydrogens is 370 g/mol. The van der Waals surface area contributed by atoms with E-state index in [0.717, 1.165) is 5.56 Å². The van der Waals surface area contributed by atoms with Crippen molar-refractivity contribution >= 4 is 23.4 Å². The molecule has 0 bridgehead atoms. The average Bonchev–Trinajstić information content (AvgIpc) is 2.70. The van der Waals surface area contributed by atoms with Crippen LogP contribution >= 0.6 is 0 Å². The summed E-state index contributed by atoms with van der Waals surface area (Å²) in [5.74, 6) is 2.68. The van der Waals surface area contributed by atoms with E-state index in [0.29, 0.717) is 47.8 Å². The summed E-state index contributed by atoms with van der Waals surface area (Å²) < 4.78 is 5.11. The summed E-state index contributed by atoms with van der Waals surface area (Å²) >= 11 is 0. The number of amides is 1. The summed E-state index contributed by atoms with van der Waals surface area (Å²) in [7, 11) is 1.48. The minimum Gasteiger partial charge on any atom is -0.480 e. The molecule has 0 aromatic carbocycles. The van der Waals surface area contributed by atoms with Gasteiger partial charge in [-0.15, -0.1) is 0 Å². The smallest absolute Gasteiger partial charge is 0.256 e. The number of nitrogens with one attached hydrogen (secondary N) is 3. The van der Waals surface area contributed by atoms with Crippen molar-refractivity contribution in [3.8, 4) is 5.88 Å². The summed E-state index contributed by atoms with van der Waals surface area (Å²) in [5.41, 5.74) is 1.50. The number of methoxy groups -OCH3 is 1. The van der Waals surface area contributed by atoms with E-state index < -0.39 is 0 Å². The monoisotopic (exact) mass is 393 g/mol. The SMILES string of the molecule is COc1ncccc1C(=O)NCCNc1cc(Nc2cc(C)ccn2)nc(C)n1. The Morgan fingerprint density at radius 3 is 2.62 bits per heavy atom. The topological polar surface area (TPSA) is 114 Å². The molecule has 0 saturated carbocycles. The van der Waals surface area contributed by atoms with Gasteiger partial charge < -0.3 is 20.7 Å². The third-order valence-electron chi connectivity index (χ3n) is 3.94. The van der Waals surface area contributed by atoms with E-state index in [1.807, 2.05) is 26.0 Å². The molecule has 150 valence electrons. The number of nitrogens with zero attached hydrogens (tertiary/aromatic N) is 4. The second-order valence-corrected chi connectivity index (χ2v) is 6.27. The van der Waals surface area contributed by atoms with Crippen molar-refractivity contribution in [2.24, 2.45) is 0 Å². The number of anilines is 3. The molecule has 9 heteroatoms. The Kier molecular flexibility index (Phi) is 6.51. The molecule has 0 aliphatic rings. The summed E-state index contributed by atoms with van der Waals surface area (Å²) in [5, 5.41) is 9.19. The van der Waals surface area contributed by atoms with Crippen LogP contribution in [0.15, 0.2) is 42.7 Å². The van der Waals surface area contributed by atoms with E-state index in [1.54, 1.807) is 30.6 Å². The minimum absolute atomic E-state index is 0.247. The average molecular weight is 393 g/mol. The molecule has 0 fully saturated rings. The van der Waals surface area contributed by atoms with Crippen LogP contribution in [0.1, 0.15) is 21.7 Å². The first-order valence-electron chi connectivity index (χ1n) is 9.11. The number of carbonyl (C=O) groups excluding carboxylic acids is 1. The van der Waals surface area contributed by atoms with Crippen LogP contribution in [0, 0.1) is 13.8 Å². The van der Waals surface area contributed by atoms with Gasteiger partial charge in [0.05, 0.1) is 7.11 Å². The van der Waals surface area contributed by atoms with Crippen molar-refractivity contribution in [1.82, 2.24) is 25.3 Å². The molecule has 3 heterocycles. The molecule has 29 heavy (non-hydrogen) atoms. The number of aromatic nitrogens is 4. The second-order valence-electron chi connectivity index (χ2n) is 6.27. The first-order chi connectivity index (χ1) is 14.0. The van der Waals surface area contributed by atoms with E-state index in [4.69, 9.17) is 4.74 Å². The zero-order chi connectivity index (χ0) is 20.6. The third kappa shape index (κ3) is 5.61. The lowest BCUT2D eigenvalue weighted by Gasteiger charge is -2.11. The van der Waals surface area contributed by atoms with Gasteiger partial charge in [0.15, 0.2) is 0 Å². The zero-order valence-corrected chi connectivity index (χ0v) is 16.6. The van der Waals surface area contributed by atoms with Gasteiger partial charge in [0, 0.05) is 31.5 Å². The molecule has 0 saturated heterocycles. The first kappa shape index (κ1) is 20.0. The summed E-state index contributed by atoms with van der Waals surface area (Å²) in [6.07, 6.45) is 3.32. The number of ether oxygens (including phenoxy) is 1. The van der Waals surface area contributed by atoms with Crippen LogP contribution in [0.4, 0.5) is 17.5 Å². The van der Waals surface area contributed by atoms with E-state index in [9.17, 15) is 4.79 Å². The van der Waals surface area contributed by atoms with Gasteiger partial charge >= 0.3 is 0 Å². The molecule has 0 radical (unpaired) electrons. The number of hydrogen-bond acceptors (Lipinski definition) is 8. The van der Waals surface area contributed by atoms with Gasteiger partial charge in [0.1, 0.15) is 28.8 Å². The van der Waals surface area contributed by atoms with Crippen LogP contribution in [-0.2, 0) is 0 Å². The number of pyridine rings is 2. The maximum atomic E-state index is 12.3. The van der Waals surface area contributed by atoms with Crippen LogP contribution in [0.25, 0.3) is 0 Å². The minimum atomic E-state index is -0.247. The predicted octanol–water partition coefficient (Wildman–Crippen LogP) is 2.48. The predicted molar refractivity (Wildman–Crippen MR) is 111 cm³/mol. The normalized spacial score (nSPS) is 10.3. The maximum absolute atomic E-state index is 12.3. The van der Waals surface area contributed by atoms with Crippen molar-refractivity contribution in [2.75, 3.05) is 30.8 Å². The Labute approximate surface area is 169 Å². The highest BCUT2D eigenvalue weighted by Gasteiger charge is 2.12. The molecule has 0 aliphatic carbocycles. The summed E-state index contributed by atoms with van der Waals surface area (Å²) in [6, 6.07) is 9.02. The Bertz CT molecular complexity index is 994.